The molecule has 5 heteroatoms. The lowest BCUT2D eigenvalue weighted by Gasteiger charge is -2.50. The van der Waals surface area contributed by atoms with Crippen LogP contribution in [0.25, 0.3) is 0 Å². The molecule has 1 saturated heterocycles. The molecule has 0 radical (unpaired) electrons. The van der Waals surface area contributed by atoms with Gasteiger partial charge in [0.15, 0.2) is 0 Å². The smallest absolute Gasteiger partial charge is 0.324 e. The van der Waals surface area contributed by atoms with Gasteiger partial charge in [0.2, 0.25) is 5.91 Å². The van der Waals surface area contributed by atoms with Gasteiger partial charge in [0.05, 0.1) is 5.54 Å². The normalized spacial score (nSPS) is 30.8. The minimum Gasteiger partial charge on any atom is -0.335 e. The molecule has 1 aromatic carbocycles. The number of nitrogens with zero attached hydrogens (tertiary/aromatic N) is 2. The lowest BCUT2D eigenvalue weighted by Crippen LogP contribution is -2.56. The second-order valence-electron chi connectivity index (χ2n) is 7.03. The van der Waals surface area contributed by atoms with Crippen molar-refractivity contribution in [2.45, 2.75) is 43.7 Å². The number of rotatable bonds is 2. The third-order valence-corrected chi connectivity index (χ3v) is 5.74. The maximum Gasteiger partial charge on any atom is 0.324 e. The molecule has 0 aromatic heterocycles. The van der Waals surface area contributed by atoms with Crippen molar-refractivity contribution < 1.29 is 9.59 Å². The molecule has 1 aromatic rings. The predicted octanol–water partition coefficient (Wildman–Crippen LogP) is 2.33. The molecule has 1 N–H and O–H groups in total. The molecular formula is C18H25N3O2. The van der Waals surface area contributed by atoms with Gasteiger partial charge in [0.25, 0.3) is 0 Å². The number of benzene rings is 1. The molecule has 1 spiro atoms. The number of carbonyl (C=O) groups excluding carboxylic acids is 2. The van der Waals surface area contributed by atoms with Gasteiger partial charge in [-0.2, -0.15) is 0 Å². The minimum absolute atomic E-state index is 0.0272. The van der Waals surface area contributed by atoms with Crippen molar-refractivity contribution in [1.29, 1.82) is 0 Å². The molecule has 23 heavy (non-hydrogen) atoms. The highest BCUT2D eigenvalue weighted by Gasteiger charge is 2.53. The third kappa shape index (κ3) is 2.43. The first kappa shape index (κ1) is 16.0. The minimum atomic E-state index is -0.350. The molecule has 5 nitrogen and oxygen atoms in total. The van der Waals surface area contributed by atoms with Gasteiger partial charge in [-0.15, -0.1) is 0 Å². The monoisotopic (exact) mass is 315 g/mol. The maximum atomic E-state index is 12.0. The first-order valence-electron chi connectivity index (χ1n) is 8.23. The first-order valence-corrected chi connectivity index (χ1v) is 8.23. The highest BCUT2D eigenvalue weighted by atomic mass is 16.2. The SMILES string of the molecule is CC(=O)N1C(=O)NC[C@]12CC[C@@](c1ccccc1)(N(C)C)CC2. The van der Waals surface area contributed by atoms with Crippen molar-refractivity contribution >= 4 is 11.9 Å². The number of nitrogens with one attached hydrogen (secondary N) is 1. The molecule has 3 amide bonds. The van der Waals surface area contributed by atoms with Crippen LogP contribution in [0.15, 0.2) is 30.3 Å². The highest BCUT2D eigenvalue weighted by Crippen LogP contribution is 2.47. The fourth-order valence-electron chi connectivity index (χ4n) is 4.36. The van der Waals surface area contributed by atoms with E-state index in [9.17, 15) is 9.59 Å². The summed E-state index contributed by atoms with van der Waals surface area (Å²) in [4.78, 5) is 27.7. The molecule has 0 unspecified atom stereocenters. The van der Waals surface area contributed by atoms with Crippen LogP contribution in [0.5, 0.6) is 0 Å². The maximum absolute atomic E-state index is 12.0. The van der Waals surface area contributed by atoms with E-state index in [1.807, 2.05) is 6.07 Å². The quantitative estimate of drug-likeness (QED) is 0.911. The number of amides is 3. The van der Waals surface area contributed by atoms with E-state index in [2.05, 4.69) is 48.6 Å². The van der Waals surface area contributed by atoms with E-state index in [0.717, 1.165) is 25.7 Å². The van der Waals surface area contributed by atoms with Gasteiger partial charge in [0.1, 0.15) is 0 Å². The largest absolute Gasteiger partial charge is 0.335 e. The van der Waals surface area contributed by atoms with Crippen molar-refractivity contribution in [3.63, 3.8) is 0 Å². The van der Waals surface area contributed by atoms with E-state index in [1.54, 1.807) is 0 Å². The predicted molar refractivity (Wildman–Crippen MR) is 88.9 cm³/mol. The van der Waals surface area contributed by atoms with Gasteiger partial charge >= 0.3 is 6.03 Å². The zero-order chi connectivity index (χ0) is 16.7. The Morgan fingerprint density at radius 3 is 2.26 bits per heavy atom. The van der Waals surface area contributed by atoms with Crippen LogP contribution in [0.3, 0.4) is 0 Å². The number of urea groups is 1. The lowest BCUT2D eigenvalue weighted by molar-refractivity contribution is -0.131. The van der Waals surface area contributed by atoms with Gasteiger partial charge in [-0.25, -0.2) is 4.79 Å². The lowest BCUT2D eigenvalue weighted by atomic mass is 9.68. The Kier molecular flexibility index (Phi) is 3.92. The fraction of sp³-hybridized carbons (Fsp3) is 0.556. The summed E-state index contributed by atoms with van der Waals surface area (Å²) in [6.07, 6.45) is 3.53. The number of hydrogen-bond acceptors (Lipinski definition) is 3. The van der Waals surface area contributed by atoms with Gasteiger partial charge in [0, 0.05) is 19.0 Å². The van der Waals surface area contributed by atoms with E-state index >= 15 is 0 Å². The van der Waals surface area contributed by atoms with Crippen LogP contribution < -0.4 is 5.32 Å². The molecule has 1 saturated carbocycles. The molecule has 124 valence electrons. The highest BCUT2D eigenvalue weighted by molar-refractivity contribution is 5.96. The van der Waals surface area contributed by atoms with Crippen molar-refractivity contribution in [1.82, 2.24) is 15.1 Å². The van der Waals surface area contributed by atoms with Crippen LogP contribution in [-0.2, 0) is 10.3 Å². The second kappa shape index (κ2) is 5.64. The van der Waals surface area contributed by atoms with Crippen molar-refractivity contribution in [3.05, 3.63) is 35.9 Å². The van der Waals surface area contributed by atoms with Crippen LogP contribution in [0, 0.1) is 0 Å². The molecule has 3 rings (SSSR count). The van der Waals surface area contributed by atoms with Crippen molar-refractivity contribution in [2.75, 3.05) is 20.6 Å². The summed E-state index contributed by atoms with van der Waals surface area (Å²) in [5.74, 6) is -0.155. The summed E-state index contributed by atoms with van der Waals surface area (Å²) in [5.41, 5.74) is 0.934. The average molecular weight is 315 g/mol. The van der Waals surface area contributed by atoms with Crippen LogP contribution in [-0.4, -0.2) is 47.9 Å². The van der Waals surface area contributed by atoms with Crippen LogP contribution in [0.4, 0.5) is 4.79 Å². The van der Waals surface area contributed by atoms with Crippen LogP contribution in [0.2, 0.25) is 0 Å². The summed E-state index contributed by atoms with van der Waals surface area (Å²) in [6.45, 7) is 2.06. The molecule has 1 aliphatic heterocycles. The molecule has 0 atom stereocenters. The van der Waals surface area contributed by atoms with Crippen LogP contribution >= 0.6 is 0 Å². The molecular weight excluding hydrogens is 290 g/mol. The Bertz CT molecular complexity index is 604. The molecule has 2 fully saturated rings. The number of imide groups is 1. The first-order chi connectivity index (χ1) is 10.9. The summed E-state index contributed by atoms with van der Waals surface area (Å²) in [6, 6.07) is 10.3. The van der Waals surface area contributed by atoms with Gasteiger partial charge in [-0.1, -0.05) is 30.3 Å². The zero-order valence-corrected chi connectivity index (χ0v) is 14.1. The third-order valence-electron chi connectivity index (χ3n) is 5.74. The fourth-order valence-corrected chi connectivity index (χ4v) is 4.36. The van der Waals surface area contributed by atoms with Gasteiger partial charge in [-0.3, -0.25) is 14.6 Å². The summed E-state index contributed by atoms with van der Waals surface area (Å²) < 4.78 is 0. The molecule has 1 heterocycles. The Hall–Kier alpha value is -1.88. The second-order valence-corrected chi connectivity index (χ2v) is 7.03. The Balaban J connectivity index is 1.89. The van der Waals surface area contributed by atoms with E-state index < -0.39 is 0 Å². The average Bonchev–Trinajstić information content (AvgIpc) is 2.85. The Labute approximate surface area is 137 Å². The Morgan fingerprint density at radius 1 is 1.13 bits per heavy atom. The van der Waals surface area contributed by atoms with Crippen LogP contribution in [0.1, 0.15) is 38.2 Å². The standard InChI is InChI=1S/C18H25N3O2/c1-14(22)21-16(23)19-13-17(21)9-11-18(12-10-17,20(2)3)15-7-5-4-6-8-15/h4-8H,9-13H2,1-3H3,(H,19,23)/t17-,18-. The van der Waals surface area contributed by atoms with E-state index in [4.69, 9.17) is 0 Å². The number of hydrogen-bond donors (Lipinski definition) is 1. The van der Waals surface area contributed by atoms with Crippen molar-refractivity contribution in [3.8, 4) is 0 Å². The van der Waals surface area contributed by atoms with E-state index in [-0.39, 0.29) is 23.0 Å². The Morgan fingerprint density at radius 2 is 1.74 bits per heavy atom. The zero-order valence-electron chi connectivity index (χ0n) is 14.1. The summed E-state index contributed by atoms with van der Waals surface area (Å²) in [7, 11) is 4.23. The summed E-state index contributed by atoms with van der Waals surface area (Å²) >= 11 is 0. The number of carbonyl (C=O) groups is 2. The van der Waals surface area contributed by atoms with E-state index in [0.29, 0.717) is 6.54 Å². The summed E-state index contributed by atoms with van der Waals surface area (Å²) in [5, 5.41) is 2.86. The van der Waals surface area contributed by atoms with Gasteiger partial charge in [-0.05, 0) is 45.3 Å². The van der Waals surface area contributed by atoms with Gasteiger partial charge < -0.3 is 5.32 Å². The molecule has 2 aliphatic rings. The van der Waals surface area contributed by atoms with Crippen molar-refractivity contribution in [2.24, 2.45) is 0 Å². The molecule has 0 bridgehead atoms. The van der Waals surface area contributed by atoms with E-state index in [1.165, 1.54) is 17.4 Å². The molecule has 1 aliphatic carbocycles. The topological polar surface area (TPSA) is 52.7 Å².